The Kier molecular flexibility index (Phi) is 47.5. The molecule has 354 valence electrons. The van der Waals surface area contributed by atoms with Gasteiger partial charge in [0.1, 0.15) is 13.2 Å². The summed E-state index contributed by atoms with van der Waals surface area (Å²) in [6.45, 7) is 6.37. The third-order valence-corrected chi connectivity index (χ3v) is 10.6. The van der Waals surface area contributed by atoms with Crippen molar-refractivity contribution in [3.05, 3.63) is 85.1 Å². The summed E-state index contributed by atoms with van der Waals surface area (Å²) in [5, 5.41) is 0. The molecule has 6 nitrogen and oxygen atoms in total. The molecule has 0 bridgehead atoms. The molecule has 0 N–H and O–H groups in total. The van der Waals surface area contributed by atoms with E-state index in [-0.39, 0.29) is 31.1 Å². The van der Waals surface area contributed by atoms with Gasteiger partial charge in [0, 0.05) is 19.3 Å². The third kappa shape index (κ3) is 47.6. The number of allylic oxidation sites excluding steroid dienone is 14. The summed E-state index contributed by atoms with van der Waals surface area (Å²) in [5.74, 6) is -0.917. The summed E-state index contributed by atoms with van der Waals surface area (Å²) >= 11 is 0. The average Bonchev–Trinajstić information content (AvgIpc) is 3.27. The molecule has 0 amide bonds. The summed E-state index contributed by atoms with van der Waals surface area (Å²) in [6, 6.07) is 0. The molecule has 0 radical (unpaired) electrons. The molecule has 0 aromatic carbocycles. The van der Waals surface area contributed by atoms with E-state index in [1.165, 1.54) is 64.2 Å². The van der Waals surface area contributed by atoms with Crippen molar-refractivity contribution in [2.24, 2.45) is 0 Å². The largest absolute Gasteiger partial charge is 0.462 e. The highest BCUT2D eigenvalue weighted by Crippen LogP contribution is 2.14. The van der Waals surface area contributed by atoms with Gasteiger partial charge in [-0.1, -0.05) is 209 Å². The number of hydrogen-bond acceptors (Lipinski definition) is 6. The maximum atomic E-state index is 12.7. The van der Waals surface area contributed by atoms with Crippen molar-refractivity contribution in [1.82, 2.24) is 0 Å². The Morgan fingerprint density at radius 1 is 0.339 bits per heavy atom. The topological polar surface area (TPSA) is 78.9 Å². The summed E-state index contributed by atoms with van der Waals surface area (Å²) in [6.07, 6.45) is 64.5. The molecule has 0 aromatic rings. The summed E-state index contributed by atoms with van der Waals surface area (Å²) in [4.78, 5) is 37.7. The van der Waals surface area contributed by atoms with Crippen molar-refractivity contribution < 1.29 is 28.6 Å². The second kappa shape index (κ2) is 50.2. The quantitative estimate of drug-likeness (QED) is 0.0263. The Bertz CT molecular complexity index is 1220. The Morgan fingerprint density at radius 3 is 1.05 bits per heavy atom. The molecule has 0 saturated carbocycles. The van der Waals surface area contributed by atoms with Gasteiger partial charge in [-0.05, 0) is 89.9 Å². The van der Waals surface area contributed by atoms with Gasteiger partial charge in [0.15, 0.2) is 6.10 Å². The van der Waals surface area contributed by atoms with Crippen LogP contribution in [-0.2, 0) is 28.6 Å². The maximum absolute atomic E-state index is 12.7. The van der Waals surface area contributed by atoms with E-state index in [0.29, 0.717) is 19.3 Å². The fourth-order valence-electron chi connectivity index (χ4n) is 6.80. The second-order valence-electron chi connectivity index (χ2n) is 16.7. The van der Waals surface area contributed by atoms with Crippen molar-refractivity contribution in [3.8, 4) is 0 Å². The van der Waals surface area contributed by atoms with Gasteiger partial charge >= 0.3 is 17.9 Å². The van der Waals surface area contributed by atoms with Crippen LogP contribution in [0, 0.1) is 0 Å². The lowest BCUT2D eigenvalue weighted by Crippen LogP contribution is -2.30. The smallest absolute Gasteiger partial charge is 0.306 e. The van der Waals surface area contributed by atoms with E-state index in [9.17, 15) is 14.4 Å². The molecular formula is C56H94O6. The highest BCUT2D eigenvalue weighted by molar-refractivity contribution is 5.71. The van der Waals surface area contributed by atoms with Gasteiger partial charge in [0.05, 0.1) is 0 Å². The molecule has 6 heteroatoms. The molecule has 62 heavy (non-hydrogen) atoms. The van der Waals surface area contributed by atoms with Gasteiger partial charge < -0.3 is 14.2 Å². The lowest BCUT2D eigenvalue weighted by atomic mass is 10.1. The van der Waals surface area contributed by atoms with Crippen LogP contribution < -0.4 is 0 Å². The van der Waals surface area contributed by atoms with Gasteiger partial charge in [0.25, 0.3) is 0 Å². The van der Waals surface area contributed by atoms with Crippen molar-refractivity contribution in [1.29, 1.82) is 0 Å². The monoisotopic (exact) mass is 863 g/mol. The Morgan fingerprint density at radius 2 is 0.661 bits per heavy atom. The Hall–Kier alpha value is -3.41. The first-order valence-electron chi connectivity index (χ1n) is 25.6. The first-order chi connectivity index (χ1) is 30.5. The van der Waals surface area contributed by atoms with E-state index < -0.39 is 6.10 Å². The van der Waals surface area contributed by atoms with Crippen LogP contribution in [0.3, 0.4) is 0 Å². The molecule has 0 rings (SSSR count). The highest BCUT2D eigenvalue weighted by atomic mass is 16.6. The van der Waals surface area contributed by atoms with E-state index in [4.69, 9.17) is 14.2 Å². The standard InChI is InChI=1S/C56H94O6/c1-4-7-10-13-16-18-20-22-23-24-25-26-27-28-29-30-31-32-33-35-36-38-40-43-46-49-55(58)61-52-53(51-60-54(57)48-45-42-15-12-9-6-3)62-56(59)50-47-44-41-39-37-34-21-19-17-14-11-8-5-2/h7,10-11,14,16,18-19,21-23,25-26,28-29,53H,4-6,8-9,12-13,15,17,20,24,27,30-52H2,1-3H3/b10-7-,14-11-,18-16-,21-19-,23-22-,26-25-,29-28-. The molecule has 1 unspecified atom stereocenters. The first-order valence-corrected chi connectivity index (χ1v) is 25.6. The fourth-order valence-corrected chi connectivity index (χ4v) is 6.80. The average molecular weight is 863 g/mol. The van der Waals surface area contributed by atoms with Crippen LogP contribution in [-0.4, -0.2) is 37.2 Å². The zero-order chi connectivity index (χ0) is 45.1. The van der Waals surface area contributed by atoms with Gasteiger partial charge in [-0.15, -0.1) is 0 Å². The normalized spacial score (nSPS) is 12.8. The molecule has 0 aromatic heterocycles. The van der Waals surface area contributed by atoms with E-state index in [1.54, 1.807) is 0 Å². The number of hydrogen-bond donors (Lipinski definition) is 0. The zero-order valence-corrected chi connectivity index (χ0v) is 40.4. The molecule has 0 aliphatic heterocycles. The Labute approximate surface area is 382 Å². The molecule has 0 spiro atoms. The van der Waals surface area contributed by atoms with E-state index in [0.717, 1.165) is 128 Å². The third-order valence-electron chi connectivity index (χ3n) is 10.6. The van der Waals surface area contributed by atoms with Crippen LogP contribution in [0.25, 0.3) is 0 Å². The fraction of sp³-hybridized carbons (Fsp3) is 0.696. The number of rotatable bonds is 45. The van der Waals surface area contributed by atoms with Crippen LogP contribution in [0.1, 0.15) is 233 Å². The van der Waals surface area contributed by atoms with Gasteiger partial charge in [0.2, 0.25) is 0 Å². The van der Waals surface area contributed by atoms with Crippen LogP contribution in [0.15, 0.2) is 85.1 Å². The summed E-state index contributed by atoms with van der Waals surface area (Å²) in [7, 11) is 0. The molecule has 0 aliphatic carbocycles. The molecule has 0 fully saturated rings. The highest BCUT2D eigenvalue weighted by Gasteiger charge is 2.19. The van der Waals surface area contributed by atoms with Crippen LogP contribution in [0.2, 0.25) is 0 Å². The molecule has 1 atom stereocenters. The van der Waals surface area contributed by atoms with E-state index >= 15 is 0 Å². The number of unbranched alkanes of at least 4 members (excludes halogenated alkanes) is 20. The van der Waals surface area contributed by atoms with E-state index in [1.807, 2.05) is 0 Å². The molecular weight excluding hydrogens is 769 g/mol. The van der Waals surface area contributed by atoms with Crippen molar-refractivity contribution in [2.45, 2.75) is 239 Å². The Balaban J connectivity index is 4.17. The lowest BCUT2D eigenvalue weighted by molar-refractivity contribution is -0.167. The van der Waals surface area contributed by atoms with Crippen molar-refractivity contribution in [2.75, 3.05) is 13.2 Å². The predicted octanol–water partition coefficient (Wildman–Crippen LogP) is 16.8. The lowest BCUT2D eigenvalue weighted by Gasteiger charge is -2.18. The van der Waals surface area contributed by atoms with Crippen molar-refractivity contribution in [3.63, 3.8) is 0 Å². The minimum Gasteiger partial charge on any atom is -0.462 e. The minimum atomic E-state index is -0.782. The van der Waals surface area contributed by atoms with Crippen LogP contribution in [0.5, 0.6) is 0 Å². The van der Waals surface area contributed by atoms with Crippen LogP contribution in [0.4, 0.5) is 0 Å². The summed E-state index contributed by atoms with van der Waals surface area (Å²) < 4.78 is 16.7. The van der Waals surface area contributed by atoms with Gasteiger partial charge in [-0.25, -0.2) is 0 Å². The number of carbonyl (C=O) groups excluding carboxylic acids is 3. The predicted molar refractivity (Wildman–Crippen MR) is 265 cm³/mol. The number of carbonyl (C=O) groups is 3. The minimum absolute atomic E-state index is 0.0843. The van der Waals surface area contributed by atoms with Crippen molar-refractivity contribution >= 4 is 17.9 Å². The molecule has 0 saturated heterocycles. The number of esters is 3. The van der Waals surface area contributed by atoms with Gasteiger partial charge in [-0.3, -0.25) is 14.4 Å². The zero-order valence-electron chi connectivity index (χ0n) is 40.4. The maximum Gasteiger partial charge on any atom is 0.306 e. The number of ether oxygens (including phenoxy) is 3. The van der Waals surface area contributed by atoms with E-state index in [2.05, 4.69) is 106 Å². The summed E-state index contributed by atoms with van der Waals surface area (Å²) in [5.41, 5.74) is 0. The van der Waals surface area contributed by atoms with Gasteiger partial charge in [-0.2, -0.15) is 0 Å². The first kappa shape index (κ1) is 58.6. The molecule has 0 heterocycles. The second-order valence-corrected chi connectivity index (χ2v) is 16.7. The SMILES string of the molecule is CC/C=C\C/C=C\C/C=C\C/C=C\C/C=C\CCCCCCCCCCCC(=O)OCC(COC(=O)CCCCCCCC)OC(=O)CCCCCCC/C=C\C/C=C\CCC. The van der Waals surface area contributed by atoms with Crippen LogP contribution >= 0.6 is 0 Å². The molecule has 0 aliphatic rings.